The Morgan fingerprint density at radius 3 is 2.44 bits per heavy atom. The topological polar surface area (TPSA) is 70.5 Å². The molecule has 1 fully saturated rings. The summed E-state index contributed by atoms with van der Waals surface area (Å²) in [5, 5.41) is 11.1. The number of carbonyl (C=O) groups is 2. The second kappa shape index (κ2) is 8.75. The molecule has 1 saturated heterocycles. The third-order valence-corrected chi connectivity index (χ3v) is 5.84. The van der Waals surface area contributed by atoms with Crippen molar-refractivity contribution in [3.63, 3.8) is 0 Å². The largest absolute Gasteiger partial charge is 0.507 e. The molecule has 162 valence electrons. The van der Waals surface area contributed by atoms with E-state index in [2.05, 4.69) is 4.98 Å². The van der Waals surface area contributed by atoms with Crippen LogP contribution < -0.4 is 0 Å². The van der Waals surface area contributed by atoms with E-state index in [0.29, 0.717) is 17.7 Å². The monoisotopic (exact) mass is 430 g/mol. The first kappa shape index (κ1) is 21.4. The number of carbonyl (C=O) groups excluding carboxylic acids is 2. The highest BCUT2D eigenvalue weighted by Gasteiger charge is 2.46. The molecule has 1 atom stereocenters. The van der Waals surface area contributed by atoms with Crippen molar-refractivity contribution in [3.05, 3.63) is 106 Å². The van der Waals surface area contributed by atoms with Gasteiger partial charge in [0.15, 0.2) is 0 Å². The average molecular weight is 430 g/mol. The van der Waals surface area contributed by atoms with Gasteiger partial charge in [-0.2, -0.15) is 0 Å². The van der Waals surface area contributed by atoms with Gasteiger partial charge >= 0.3 is 0 Å². The third-order valence-electron chi connectivity index (χ3n) is 5.84. The Morgan fingerprint density at radius 1 is 1.03 bits per heavy atom. The van der Waals surface area contributed by atoms with Gasteiger partial charge in [0.2, 0.25) is 0 Å². The van der Waals surface area contributed by atoms with Crippen LogP contribution in [0.3, 0.4) is 0 Å². The first-order chi connectivity index (χ1) is 15.4. The number of aromatic nitrogens is 1. The number of nitrogens with zero attached hydrogens (tertiary/aromatic N) is 2. The van der Waals surface area contributed by atoms with Crippen LogP contribution in [0.1, 0.15) is 34.0 Å². The highest BCUT2D eigenvalue weighted by atomic mass is 19.1. The fourth-order valence-electron chi connectivity index (χ4n) is 3.90. The number of hydrogen-bond donors (Lipinski definition) is 1. The standard InChI is InChI=1S/C26H23FN2O3/c1-16-6-9-19(15-17(16)2)24(30)22-23(21-5-3-4-13-28-21)29(26(32)25(22)31)14-12-18-7-10-20(27)11-8-18/h3-11,13,15,23,30H,12,14H2,1-2H3/b24-22-. The summed E-state index contributed by atoms with van der Waals surface area (Å²) >= 11 is 0. The molecule has 4 rings (SSSR count). The molecule has 0 spiro atoms. The molecule has 2 aromatic carbocycles. The van der Waals surface area contributed by atoms with Gasteiger partial charge in [-0.3, -0.25) is 14.6 Å². The first-order valence-corrected chi connectivity index (χ1v) is 10.4. The Balaban J connectivity index is 1.76. The van der Waals surface area contributed by atoms with Crippen molar-refractivity contribution in [2.24, 2.45) is 0 Å². The SMILES string of the molecule is Cc1ccc(/C(O)=C2/C(=O)C(=O)N(CCc3ccc(F)cc3)C2c2ccccn2)cc1C. The maximum absolute atomic E-state index is 13.2. The number of aliphatic hydroxyl groups excluding tert-OH is 1. The van der Waals surface area contributed by atoms with Gasteiger partial charge in [0.1, 0.15) is 17.6 Å². The minimum Gasteiger partial charge on any atom is -0.507 e. The van der Waals surface area contributed by atoms with Crippen LogP contribution in [-0.2, 0) is 16.0 Å². The normalized spacial score (nSPS) is 17.7. The number of aryl methyl sites for hydroxylation is 2. The number of likely N-dealkylation sites (tertiary alicyclic amines) is 1. The van der Waals surface area contributed by atoms with Gasteiger partial charge in [-0.15, -0.1) is 0 Å². The van der Waals surface area contributed by atoms with Gasteiger partial charge in [-0.1, -0.05) is 30.3 Å². The molecule has 1 N–H and O–H groups in total. The van der Waals surface area contributed by atoms with E-state index in [1.54, 1.807) is 48.7 Å². The Morgan fingerprint density at radius 2 is 1.78 bits per heavy atom. The lowest BCUT2D eigenvalue weighted by Gasteiger charge is -2.24. The molecule has 1 unspecified atom stereocenters. The van der Waals surface area contributed by atoms with Crippen molar-refractivity contribution >= 4 is 17.4 Å². The Bertz CT molecular complexity index is 1200. The first-order valence-electron chi connectivity index (χ1n) is 10.4. The zero-order valence-electron chi connectivity index (χ0n) is 17.9. The van der Waals surface area contributed by atoms with Gasteiger partial charge in [0, 0.05) is 18.3 Å². The average Bonchev–Trinajstić information content (AvgIpc) is 3.05. The van der Waals surface area contributed by atoms with Crippen LogP contribution in [0, 0.1) is 19.7 Å². The van der Waals surface area contributed by atoms with Crippen molar-refractivity contribution in [2.45, 2.75) is 26.3 Å². The van der Waals surface area contributed by atoms with Crippen molar-refractivity contribution in [1.82, 2.24) is 9.88 Å². The molecule has 0 saturated carbocycles. The van der Waals surface area contributed by atoms with Crippen LogP contribution in [0.2, 0.25) is 0 Å². The van der Waals surface area contributed by atoms with E-state index in [9.17, 15) is 19.1 Å². The molecule has 3 aromatic rings. The molecule has 1 amide bonds. The third kappa shape index (κ3) is 4.04. The van der Waals surface area contributed by atoms with Gasteiger partial charge in [-0.05, 0) is 67.3 Å². The highest BCUT2D eigenvalue weighted by Crippen LogP contribution is 2.38. The molecule has 0 aliphatic carbocycles. The molecule has 1 aliphatic rings. The lowest BCUT2D eigenvalue weighted by atomic mass is 9.96. The molecule has 32 heavy (non-hydrogen) atoms. The van der Waals surface area contributed by atoms with Crippen LogP contribution in [-0.4, -0.2) is 33.2 Å². The van der Waals surface area contributed by atoms with E-state index in [1.807, 2.05) is 19.9 Å². The highest BCUT2D eigenvalue weighted by molar-refractivity contribution is 6.46. The minimum absolute atomic E-state index is 0.0241. The van der Waals surface area contributed by atoms with Crippen molar-refractivity contribution in [3.8, 4) is 0 Å². The lowest BCUT2D eigenvalue weighted by molar-refractivity contribution is -0.139. The van der Waals surface area contributed by atoms with E-state index in [1.165, 1.54) is 17.0 Å². The minimum atomic E-state index is -0.807. The fourth-order valence-corrected chi connectivity index (χ4v) is 3.90. The molecular formula is C26H23FN2O3. The van der Waals surface area contributed by atoms with E-state index in [4.69, 9.17) is 0 Å². The Labute approximate surface area is 185 Å². The molecule has 0 bridgehead atoms. The smallest absolute Gasteiger partial charge is 0.295 e. The maximum Gasteiger partial charge on any atom is 0.295 e. The summed E-state index contributed by atoms with van der Waals surface area (Å²) in [6.45, 7) is 4.10. The summed E-state index contributed by atoms with van der Waals surface area (Å²) < 4.78 is 13.2. The molecule has 0 radical (unpaired) electrons. The van der Waals surface area contributed by atoms with Crippen LogP contribution in [0.5, 0.6) is 0 Å². The van der Waals surface area contributed by atoms with Crippen LogP contribution in [0.4, 0.5) is 4.39 Å². The second-order valence-corrected chi connectivity index (χ2v) is 7.92. The zero-order valence-corrected chi connectivity index (χ0v) is 17.9. The molecule has 5 nitrogen and oxygen atoms in total. The van der Waals surface area contributed by atoms with Crippen molar-refractivity contribution < 1.29 is 19.1 Å². The molecule has 1 aromatic heterocycles. The summed E-state index contributed by atoms with van der Waals surface area (Å²) in [5.41, 5.74) is 3.86. The quantitative estimate of drug-likeness (QED) is 0.368. The van der Waals surface area contributed by atoms with E-state index in [-0.39, 0.29) is 23.7 Å². The van der Waals surface area contributed by atoms with Gasteiger partial charge in [0.25, 0.3) is 11.7 Å². The van der Waals surface area contributed by atoms with E-state index < -0.39 is 17.7 Å². The van der Waals surface area contributed by atoms with Crippen LogP contribution >= 0.6 is 0 Å². The van der Waals surface area contributed by atoms with Gasteiger partial charge in [-0.25, -0.2) is 4.39 Å². The molecule has 1 aliphatic heterocycles. The number of benzene rings is 2. The van der Waals surface area contributed by atoms with E-state index >= 15 is 0 Å². The van der Waals surface area contributed by atoms with Crippen molar-refractivity contribution in [1.29, 1.82) is 0 Å². The second-order valence-electron chi connectivity index (χ2n) is 7.92. The van der Waals surface area contributed by atoms with Crippen molar-refractivity contribution in [2.75, 3.05) is 6.54 Å². The number of hydrogen-bond acceptors (Lipinski definition) is 4. The maximum atomic E-state index is 13.2. The fraction of sp³-hybridized carbons (Fsp3) is 0.192. The van der Waals surface area contributed by atoms with E-state index in [0.717, 1.165) is 16.7 Å². The molecule has 6 heteroatoms. The zero-order chi connectivity index (χ0) is 22.8. The predicted molar refractivity (Wildman–Crippen MR) is 119 cm³/mol. The number of ketones is 1. The Hall–Kier alpha value is -3.80. The van der Waals surface area contributed by atoms with Gasteiger partial charge in [0.05, 0.1) is 11.3 Å². The summed E-state index contributed by atoms with van der Waals surface area (Å²) in [6.07, 6.45) is 2.02. The molecular weight excluding hydrogens is 407 g/mol. The summed E-state index contributed by atoms with van der Waals surface area (Å²) in [4.78, 5) is 31.8. The number of halogens is 1. The Kier molecular flexibility index (Phi) is 5.86. The number of pyridine rings is 1. The number of Topliss-reactive ketones (excluding diaryl/α,β-unsaturated/α-hetero) is 1. The summed E-state index contributed by atoms with van der Waals surface area (Å²) in [7, 11) is 0. The van der Waals surface area contributed by atoms with Crippen LogP contribution in [0.25, 0.3) is 5.76 Å². The number of rotatable bonds is 5. The molecule has 2 heterocycles. The lowest BCUT2D eigenvalue weighted by Crippen LogP contribution is -2.32. The summed E-state index contributed by atoms with van der Waals surface area (Å²) in [6, 6.07) is 15.9. The van der Waals surface area contributed by atoms with Crippen LogP contribution in [0.15, 0.2) is 72.4 Å². The van der Waals surface area contributed by atoms with Gasteiger partial charge < -0.3 is 10.0 Å². The summed E-state index contributed by atoms with van der Waals surface area (Å²) in [5.74, 6) is -1.98. The number of amides is 1. The number of aliphatic hydroxyl groups is 1. The predicted octanol–water partition coefficient (Wildman–Crippen LogP) is 4.50.